The highest BCUT2D eigenvalue weighted by atomic mass is 35.5. The Morgan fingerprint density at radius 1 is 1.39 bits per heavy atom. The maximum Gasteiger partial charge on any atom is 0.276 e. The summed E-state index contributed by atoms with van der Waals surface area (Å²) in [6.07, 6.45) is 4.27. The van der Waals surface area contributed by atoms with Crippen LogP contribution in [0.2, 0.25) is 0 Å². The number of hydrogen-bond donors (Lipinski definition) is 1. The van der Waals surface area contributed by atoms with E-state index >= 15 is 0 Å². The summed E-state index contributed by atoms with van der Waals surface area (Å²) in [7, 11) is 0. The SMILES string of the molecule is CC1(CN)CCN(C(=O)c2cc(-c3ccncc3)on2)C1.Cl.Cl. The number of hydrogen-bond acceptors (Lipinski definition) is 5. The molecule has 6 nitrogen and oxygen atoms in total. The average molecular weight is 359 g/mol. The van der Waals surface area contributed by atoms with Crippen LogP contribution in [0.1, 0.15) is 23.8 Å². The largest absolute Gasteiger partial charge is 0.355 e. The van der Waals surface area contributed by atoms with Gasteiger partial charge < -0.3 is 15.2 Å². The van der Waals surface area contributed by atoms with Crippen LogP contribution in [0.4, 0.5) is 0 Å². The Morgan fingerprint density at radius 3 is 2.70 bits per heavy atom. The molecule has 1 aliphatic heterocycles. The number of nitrogens with zero attached hydrogens (tertiary/aromatic N) is 3. The van der Waals surface area contributed by atoms with Crippen molar-refractivity contribution in [3.63, 3.8) is 0 Å². The molecule has 0 saturated carbocycles. The number of carbonyl (C=O) groups excluding carboxylic acids is 1. The number of rotatable bonds is 3. The van der Waals surface area contributed by atoms with Crippen LogP contribution in [0, 0.1) is 5.41 Å². The van der Waals surface area contributed by atoms with Gasteiger partial charge in [-0.25, -0.2) is 0 Å². The van der Waals surface area contributed by atoms with Crippen LogP contribution in [0.5, 0.6) is 0 Å². The van der Waals surface area contributed by atoms with Crippen molar-refractivity contribution in [1.82, 2.24) is 15.0 Å². The molecule has 3 rings (SSSR count). The van der Waals surface area contributed by atoms with Crippen LogP contribution in [0.15, 0.2) is 35.1 Å². The van der Waals surface area contributed by atoms with Crippen LogP contribution >= 0.6 is 24.8 Å². The molecule has 0 spiro atoms. The summed E-state index contributed by atoms with van der Waals surface area (Å²) in [6.45, 7) is 4.06. The molecule has 2 aromatic heterocycles. The molecule has 1 fully saturated rings. The lowest BCUT2D eigenvalue weighted by molar-refractivity contribution is 0.0766. The minimum atomic E-state index is -0.101. The Morgan fingerprint density at radius 2 is 2.09 bits per heavy atom. The van der Waals surface area contributed by atoms with Crippen LogP contribution in [0.25, 0.3) is 11.3 Å². The lowest BCUT2D eigenvalue weighted by Gasteiger charge is -2.21. The van der Waals surface area contributed by atoms with Crippen molar-refractivity contribution in [2.45, 2.75) is 13.3 Å². The van der Waals surface area contributed by atoms with Gasteiger partial charge in [0.1, 0.15) is 0 Å². The number of likely N-dealkylation sites (tertiary alicyclic amines) is 1. The zero-order chi connectivity index (χ0) is 14.9. The van der Waals surface area contributed by atoms with Gasteiger partial charge in [-0.3, -0.25) is 9.78 Å². The van der Waals surface area contributed by atoms with E-state index in [-0.39, 0.29) is 36.1 Å². The first-order chi connectivity index (χ1) is 10.1. The number of pyridine rings is 1. The third-order valence-electron chi connectivity index (χ3n) is 4.03. The summed E-state index contributed by atoms with van der Waals surface area (Å²) >= 11 is 0. The van der Waals surface area contributed by atoms with Crippen molar-refractivity contribution >= 4 is 30.7 Å². The van der Waals surface area contributed by atoms with Gasteiger partial charge in [-0.1, -0.05) is 12.1 Å². The molecule has 2 N–H and O–H groups in total. The highest BCUT2D eigenvalue weighted by Crippen LogP contribution is 2.30. The predicted molar refractivity (Wildman–Crippen MR) is 91.9 cm³/mol. The molecule has 23 heavy (non-hydrogen) atoms. The van der Waals surface area contributed by atoms with E-state index in [0.717, 1.165) is 12.0 Å². The van der Waals surface area contributed by atoms with Crippen molar-refractivity contribution < 1.29 is 9.32 Å². The maximum atomic E-state index is 12.4. The van der Waals surface area contributed by atoms with Gasteiger partial charge in [0.2, 0.25) is 0 Å². The Labute approximate surface area is 147 Å². The molecule has 0 aromatic carbocycles. The van der Waals surface area contributed by atoms with Crippen molar-refractivity contribution in [3.8, 4) is 11.3 Å². The van der Waals surface area contributed by atoms with E-state index in [4.69, 9.17) is 10.3 Å². The lowest BCUT2D eigenvalue weighted by Crippen LogP contribution is -2.34. The minimum absolute atomic E-state index is 0. The third-order valence-corrected chi connectivity index (χ3v) is 4.03. The third kappa shape index (κ3) is 4.02. The van der Waals surface area contributed by atoms with E-state index in [2.05, 4.69) is 17.1 Å². The molecule has 8 heteroatoms. The van der Waals surface area contributed by atoms with Crippen molar-refractivity contribution in [2.75, 3.05) is 19.6 Å². The highest BCUT2D eigenvalue weighted by Gasteiger charge is 2.36. The standard InChI is InChI=1S/C15H18N4O2.2ClH/c1-15(9-16)4-7-19(10-15)14(20)12-8-13(21-18-12)11-2-5-17-6-3-11;;/h2-3,5-6,8H,4,7,9-10,16H2,1H3;2*1H. The molecule has 1 amide bonds. The number of aromatic nitrogens is 2. The molecule has 1 atom stereocenters. The van der Waals surface area contributed by atoms with Gasteiger partial charge in [-0.15, -0.1) is 24.8 Å². The monoisotopic (exact) mass is 358 g/mol. The smallest absolute Gasteiger partial charge is 0.276 e. The molecular formula is C15H20Cl2N4O2. The second-order valence-electron chi connectivity index (χ2n) is 5.80. The highest BCUT2D eigenvalue weighted by molar-refractivity contribution is 5.93. The Kier molecular flexibility index (Phi) is 6.56. The van der Waals surface area contributed by atoms with Gasteiger partial charge in [-0.05, 0) is 30.5 Å². The van der Waals surface area contributed by atoms with E-state index in [9.17, 15) is 4.79 Å². The van der Waals surface area contributed by atoms with Gasteiger partial charge in [0.15, 0.2) is 11.5 Å². The predicted octanol–water partition coefficient (Wildman–Crippen LogP) is 2.39. The zero-order valence-corrected chi connectivity index (χ0v) is 14.4. The molecule has 126 valence electrons. The lowest BCUT2D eigenvalue weighted by atomic mass is 9.90. The fourth-order valence-electron chi connectivity index (χ4n) is 2.55. The number of carbonyl (C=O) groups is 1. The van der Waals surface area contributed by atoms with Gasteiger partial charge >= 0.3 is 0 Å². The van der Waals surface area contributed by atoms with Crippen molar-refractivity contribution in [2.24, 2.45) is 11.1 Å². The molecule has 2 aromatic rings. The summed E-state index contributed by atoms with van der Waals surface area (Å²) in [5, 5.41) is 3.89. The second-order valence-corrected chi connectivity index (χ2v) is 5.80. The molecular weight excluding hydrogens is 339 g/mol. The first kappa shape index (κ1) is 19.4. The Balaban J connectivity index is 0.00000132. The van der Waals surface area contributed by atoms with E-state index in [0.29, 0.717) is 31.1 Å². The molecule has 0 aliphatic carbocycles. The average Bonchev–Trinajstić information content (AvgIpc) is 3.15. The quantitative estimate of drug-likeness (QED) is 0.910. The van der Waals surface area contributed by atoms with Crippen molar-refractivity contribution in [1.29, 1.82) is 0 Å². The van der Waals surface area contributed by atoms with Crippen LogP contribution in [-0.4, -0.2) is 40.6 Å². The van der Waals surface area contributed by atoms with Crippen LogP contribution in [0.3, 0.4) is 0 Å². The summed E-state index contributed by atoms with van der Waals surface area (Å²) in [5.74, 6) is 0.470. The van der Waals surface area contributed by atoms with Gasteiger partial charge in [-0.2, -0.15) is 0 Å². The fourth-order valence-corrected chi connectivity index (χ4v) is 2.55. The van der Waals surface area contributed by atoms with Crippen LogP contribution < -0.4 is 5.73 Å². The maximum absolute atomic E-state index is 12.4. The molecule has 3 heterocycles. The van der Waals surface area contributed by atoms with Crippen LogP contribution in [-0.2, 0) is 0 Å². The normalized spacial score (nSPS) is 19.8. The van der Waals surface area contributed by atoms with E-state index in [1.54, 1.807) is 23.4 Å². The Hall–Kier alpha value is -1.63. The van der Waals surface area contributed by atoms with E-state index < -0.39 is 0 Å². The van der Waals surface area contributed by atoms with Crippen molar-refractivity contribution in [3.05, 3.63) is 36.3 Å². The number of amides is 1. The van der Waals surface area contributed by atoms with E-state index in [1.165, 1.54) is 0 Å². The first-order valence-corrected chi connectivity index (χ1v) is 6.98. The summed E-state index contributed by atoms with van der Waals surface area (Å²) in [4.78, 5) is 18.2. The summed E-state index contributed by atoms with van der Waals surface area (Å²) in [5.41, 5.74) is 6.97. The minimum Gasteiger partial charge on any atom is -0.355 e. The summed E-state index contributed by atoms with van der Waals surface area (Å²) in [6, 6.07) is 5.31. The molecule has 0 bridgehead atoms. The van der Waals surface area contributed by atoms with Gasteiger partial charge in [0.05, 0.1) is 0 Å². The second kappa shape index (κ2) is 7.77. The molecule has 0 radical (unpaired) electrons. The first-order valence-electron chi connectivity index (χ1n) is 6.98. The summed E-state index contributed by atoms with van der Waals surface area (Å²) < 4.78 is 5.26. The fraction of sp³-hybridized carbons (Fsp3) is 0.400. The topological polar surface area (TPSA) is 85.2 Å². The molecule has 1 aliphatic rings. The number of nitrogens with two attached hydrogens (primary N) is 1. The zero-order valence-electron chi connectivity index (χ0n) is 12.8. The van der Waals surface area contributed by atoms with E-state index in [1.807, 2.05) is 12.1 Å². The number of halogens is 2. The molecule has 1 unspecified atom stereocenters. The van der Waals surface area contributed by atoms with Gasteiger partial charge in [0, 0.05) is 37.1 Å². The Bertz CT molecular complexity index is 650. The molecule has 1 saturated heterocycles. The van der Waals surface area contributed by atoms with Gasteiger partial charge in [0.25, 0.3) is 5.91 Å².